The van der Waals surface area contributed by atoms with E-state index < -0.39 is 0 Å². The topological polar surface area (TPSA) is 52.4 Å². The second-order valence-electron chi connectivity index (χ2n) is 6.32. The summed E-state index contributed by atoms with van der Waals surface area (Å²) in [5.74, 6) is 0.825. The van der Waals surface area contributed by atoms with E-state index in [9.17, 15) is 0 Å². The van der Waals surface area contributed by atoms with Gasteiger partial charge >= 0.3 is 0 Å². The van der Waals surface area contributed by atoms with Crippen LogP contribution in [-0.4, -0.2) is 51.1 Å². The number of ether oxygens (including phenoxy) is 2. The van der Waals surface area contributed by atoms with Crippen LogP contribution >= 0.6 is 0 Å². The summed E-state index contributed by atoms with van der Waals surface area (Å²) in [6.45, 7) is 2.65. The van der Waals surface area contributed by atoms with Crippen LogP contribution in [0.3, 0.4) is 0 Å². The van der Waals surface area contributed by atoms with E-state index in [1.807, 2.05) is 30.1 Å². The largest absolute Gasteiger partial charge is 0.486 e. The van der Waals surface area contributed by atoms with Crippen molar-refractivity contribution in [3.8, 4) is 5.75 Å². The van der Waals surface area contributed by atoms with Gasteiger partial charge in [-0.2, -0.15) is 5.10 Å². The van der Waals surface area contributed by atoms with Gasteiger partial charge in [-0.3, -0.25) is 14.6 Å². The first-order chi connectivity index (χ1) is 11.3. The molecule has 2 aromatic heterocycles. The normalized spacial score (nSPS) is 27.8. The highest BCUT2D eigenvalue weighted by Crippen LogP contribution is 2.33. The van der Waals surface area contributed by atoms with Gasteiger partial charge in [0.05, 0.1) is 19.0 Å². The molecule has 1 saturated carbocycles. The van der Waals surface area contributed by atoms with Crippen LogP contribution in [0, 0.1) is 0 Å². The minimum absolute atomic E-state index is 0.112. The molecule has 0 bridgehead atoms. The second-order valence-corrected chi connectivity index (χ2v) is 6.32. The van der Waals surface area contributed by atoms with Crippen LogP contribution in [0.4, 0.5) is 0 Å². The Morgan fingerprint density at radius 2 is 2.30 bits per heavy atom. The van der Waals surface area contributed by atoms with Gasteiger partial charge in [-0.15, -0.1) is 0 Å². The maximum Gasteiger partial charge on any atom is 0.138 e. The van der Waals surface area contributed by atoms with Crippen LogP contribution < -0.4 is 4.74 Å². The molecule has 0 N–H and O–H groups in total. The summed E-state index contributed by atoms with van der Waals surface area (Å²) in [5.41, 5.74) is 1.25. The summed E-state index contributed by atoms with van der Waals surface area (Å²) in [4.78, 5) is 6.63. The minimum atomic E-state index is 0.112. The van der Waals surface area contributed by atoms with Crippen LogP contribution in [-0.2, 0) is 18.3 Å². The fourth-order valence-corrected chi connectivity index (χ4v) is 3.69. The molecule has 122 valence electrons. The Morgan fingerprint density at radius 1 is 1.35 bits per heavy atom. The molecule has 3 atom stereocenters. The molecular formula is C17H22N4O2. The quantitative estimate of drug-likeness (QED) is 0.858. The Balaban J connectivity index is 1.43. The molecule has 6 nitrogen and oxygen atoms in total. The van der Waals surface area contributed by atoms with Crippen molar-refractivity contribution in [2.75, 3.05) is 13.2 Å². The van der Waals surface area contributed by atoms with E-state index in [1.165, 1.54) is 5.56 Å². The van der Waals surface area contributed by atoms with E-state index in [0.717, 1.165) is 38.3 Å². The Morgan fingerprint density at radius 3 is 3.09 bits per heavy atom. The highest BCUT2D eigenvalue weighted by Gasteiger charge is 2.44. The molecule has 0 aromatic carbocycles. The molecule has 0 unspecified atom stereocenters. The zero-order valence-corrected chi connectivity index (χ0v) is 13.3. The Hall–Kier alpha value is -1.92. The summed E-state index contributed by atoms with van der Waals surface area (Å²) in [7, 11) is 1.96. The Bertz CT molecular complexity index is 645. The van der Waals surface area contributed by atoms with Crippen LogP contribution in [0.25, 0.3) is 0 Å². The van der Waals surface area contributed by atoms with Crippen molar-refractivity contribution < 1.29 is 9.47 Å². The van der Waals surface area contributed by atoms with Gasteiger partial charge in [-0.25, -0.2) is 0 Å². The first kappa shape index (κ1) is 14.7. The molecule has 4 rings (SSSR count). The molecule has 2 fully saturated rings. The van der Waals surface area contributed by atoms with Gasteiger partial charge in [0.15, 0.2) is 0 Å². The number of rotatable bonds is 4. The predicted octanol–water partition coefficient (Wildman–Crippen LogP) is 1.63. The number of aryl methyl sites for hydroxylation is 1. The molecule has 3 heterocycles. The number of morpholine rings is 1. The average Bonchev–Trinajstić information content (AvgIpc) is 3.16. The fraction of sp³-hybridized carbons (Fsp3) is 0.529. The molecule has 0 radical (unpaired) electrons. The van der Waals surface area contributed by atoms with Crippen molar-refractivity contribution in [1.29, 1.82) is 0 Å². The molecule has 23 heavy (non-hydrogen) atoms. The van der Waals surface area contributed by atoms with Crippen molar-refractivity contribution in [3.63, 3.8) is 0 Å². The highest BCUT2D eigenvalue weighted by atomic mass is 16.5. The van der Waals surface area contributed by atoms with Gasteiger partial charge in [0.2, 0.25) is 0 Å². The van der Waals surface area contributed by atoms with Crippen molar-refractivity contribution in [2.24, 2.45) is 7.05 Å². The van der Waals surface area contributed by atoms with E-state index in [4.69, 9.17) is 9.47 Å². The lowest BCUT2D eigenvalue weighted by Crippen LogP contribution is -2.51. The van der Waals surface area contributed by atoms with Gasteiger partial charge in [-0.1, -0.05) is 0 Å². The molecule has 1 saturated heterocycles. The van der Waals surface area contributed by atoms with Gasteiger partial charge < -0.3 is 9.47 Å². The zero-order chi connectivity index (χ0) is 15.6. The lowest BCUT2D eigenvalue weighted by molar-refractivity contribution is -0.0916. The predicted molar refractivity (Wildman–Crippen MR) is 85.0 cm³/mol. The third-order valence-corrected chi connectivity index (χ3v) is 4.72. The average molecular weight is 314 g/mol. The van der Waals surface area contributed by atoms with Crippen LogP contribution in [0.1, 0.15) is 18.4 Å². The first-order valence-corrected chi connectivity index (χ1v) is 8.19. The zero-order valence-electron chi connectivity index (χ0n) is 13.3. The fourth-order valence-electron chi connectivity index (χ4n) is 3.69. The van der Waals surface area contributed by atoms with Crippen LogP contribution in [0.15, 0.2) is 36.9 Å². The van der Waals surface area contributed by atoms with Crippen LogP contribution in [0.5, 0.6) is 5.75 Å². The molecular weight excluding hydrogens is 292 g/mol. The maximum atomic E-state index is 6.12. The van der Waals surface area contributed by atoms with E-state index in [0.29, 0.717) is 6.04 Å². The highest BCUT2D eigenvalue weighted by molar-refractivity contribution is 5.17. The lowest BCUT2D eigenvalue weighted by Gasteiger charge is -2.38. The summed E-state index contributed by atoms with van der Waals surface area (Å²) in [6, 6.07) is 4.28. The molecule has 0 amide bonds. The molecule has 2 aromatic rings. The maximum absolute atomic E-state index is 6.12. The van der Waals surface area contributed by atoms with Gasteiger partial charge in [0.1, 0.15) is 18.0 Å². The SMILES string of the molecule is Cn1cc(CN2CCO[C@H]3[C@H](Oc4cccnc4)CC[C@@H]32)cn1. The van der Waals surface area contributed by atoms with Gasteiger partial charge in [0, 0.05) is 44.1 Å². The molecule has 0 spiro atoms. The minimum Gasteiger partial charge on any atom is -0.486 e. The number of fused-ring (bicyclic) bond motifs is 1. The molecule has 6 heteroatoms. The van der Waals surface area contributed by atoms with E-state index in [2.05, 4.69) is 21.2 Å². The third kappa shape index (κ3) is 3.09. The van der Waals surface area contributed by atoms with Crippen molar-refractivity contribution in [1.82, 2.24) is 19.7 Å². The van der Waals surface area contributed by atoms with E-state index in [1.54, 1.807) is 12.4 Å². The Kier molecular flexibility index (Phi) is 4.01. The second kappa shape index (κ2) is 6.29. The molecule has 1 aliphatic carbocycles. The summed E-state index contributed by atoms with van der Waals surface area (Å²) >= 11 is 0. The number of hydrogen-bond acceptors (Lipinski definition) is 5. The van der Waals surface area contributed by atoms with Crippen molar-refractivity contribution in [3.05, 3.63) is 42.5 Å². The van der Waals surface area contributed by atoms with Crippen molar-refractivity contribution in [2.45, 2.75) is 37.6 Å². The molecule has 2 aliphatic rings. The van der Waals surface area contributed by atoms with Gasteiger partial charge in [0.25, 0.3) is 0 Å². The van der Waals surface area contributed by atoms with Crippen molar-refractivity contribution >= 4 is 0 Å². The Labute approximate surface area is 136 Å². The molecule has 1 aliphatic heterocycles. The monoisotopic (exact) mass is 314 g/mol. The number of nitrogens with zero attached hydrogens (tertiary/aromatic N) is 4. The smallest absolute Gasteiger partial charge is 0.138 e. The van der Waals surface area contributed by atoms with E-state index in [-0.39, 0.29) is 12.2 Å². The van der Waals surface area contributed by atoms with Gasteiger partial charge in [-0.05, 0) is 25.0 Å². The lowest BCUT2D eigenvalue weighted by atomic mass is 10.1. The van der Waals surface area contributed by atoms with E-state index >= 15 is 0 Å². The number of hydrogen-bond donors (Lipinski definition) is 0. The first-order valence-electron chi connectivity index (χ1n) is 8.19. The standard InChI is InChI=1S/C17H22N4O2/c1-20-11-13(9-19-20)12-21-7-8-22-17-15(21)4-5-16(17)23-14-3-2-6-18-10-14/h2-3,6,9-11,15-17H,4-5,7-8,12H2,1H3/t15-,16+,17+/m0/s1. The summed E-state index contributed by atoms with van der Waals surface area (Å²) < 4.78 is 14.0. The van der Waals surface area contributed by atoms with Crippen LogP contribution in [0.2, 0.25) is 0 Å². The third-order valence-electron chi connectivity index (χ3n) is 4.72. The summed E-state index contributed by atoms with van der Waals surface area (Å²) in [6.07, 6.45) is 9.94. The number of pyridine rings is 1. The number of aromatic nitrogens is 3. The summed E-state index contributed by atoms with van der Waals surface area (Å²) in [5, 5.41) is 4.27.